The highest BCUT2D eigenvalue weighted by atomic mass is 79.9. The molecular weight excluding hydrogens is 280 g/mol. The van der Waals surface area contributed by atoms with Gasteiger partial charge in [0.15, 0.2) is 0 Å². The molecule has 0 radical (unpaired) electrons. The first kappa shape index (κ1) is 11.4. The maximum atomic E-state index is 4.22. The molecule has 0 bridgehead atoms. The maximum Gasteiger partial charge on any atom is 0.222 e. The second kappa shape index (κ2) is 4.90. The monoisotopic (exact) mass is 296 g/mol. The van der Waals surface area contributed by atoms with Gasteiger partial charge in [0.1, 0.15) is 0 Å². The number of halogens is 1. The summed E-state index contributed by atoms with van der Waals surface area (Å²) in [6.45, 7) is 3.51. The summed E-state index contributed by atoms with van der Waals surface area (Å²) in [6.07, 6.45) is 7.69. The second-order valence-corrected chi connectivity index (χ2v) is 5.90. The number of aromatic nitrogens is 2. The van der Waals surface area contributed by atoms with Gasteiger partial charge in [-0.05, 0) is 47.7 Å². The largest absolute Gasteiger partial charge is 0.354 e. The highest BCUT2D eigenvalue weighted by molar-refractivity contribution is 9.10. The molecule has 92 valence electrons. The molecule has 0 spiro atoms. The number of likely N-dealkylation sites (tertiary alicyclic amines) is 1. The number of anilines is 1. The SMILES string of the molecule is Brc1cnc(NCC2CCN(C3CC3)C2)nc1. The van der Waals surface area contributed by atoms with Crippen LogP contribution in [0.4, 0.5) is 5.95 Å². The van der Waals surface area contributed by atoms with Crippen LogP contribution in [0, 0.1) is 5.92 Å². The maximum absolute atomic E-state index is 4.22. The van der Waals surface area contributed by atoms with E-state index in [1.54, 1.807) is 12.4 Å². The van der Waals surface area contributed by atoms with Crippen molar-refractivity contribution in [3.63, 3.8) is 0 Å². The smallest absolute Gasteiger partial charge is 0.222 e. The fourth-order valence-electron chi connectivity index (χ4n) is 2.44. The molecule has 2 aliphatic rings. The summed E-state index contributed by atoms with van der Waals surface area (Å²) >= 11 is 3.33. The summed E-state index contributed by atoms with van der Waals surface area (Å²) in [6, 6.07) is 0.906. The molecule has 1 saturated carbocycles. The highest BCUT2D eigenvalue weighted by Crippen LogP contribution is 2.31. The third-order valence-electron chi connectivity index (χ3n) is 3.55. The molecule has 1 saturated heterocycles. The van der Waals surface area contributed by atoms with Gasteiger partial charge in [0.2, 0.25) is 5.95 Å². The van der Waals surface area contributed by atoms with Crippen LogP contribution in [0.15, 0.2) is 16.9 Å². The standard InChI is InChI=1S/C12H17BrN4/c13-10-6-15-12(16-7-10)14-5-9-3-4-17(8-9)11-1-2-11/h6-7,9,11H,1-5,8H2,(H,14,15,16). The first-order valence-corrected chi connectivity index (χ1v) is 7.06. The van der Waals surface area contributed by atoms with E-state index in [0.717, 1.165) is 28.9 Å². The molecule has 3 rings (SSSR count). The summed E-state index contributed by atoms with van der Waals surface area (Å²) in [5.41, 5.74) is 0. The van der Waals surface area contributed by atoms with Gasteiger partial charge in [0.05, 0.1) is 4.47 Å². The van der Waals surface area contributed by atoms with E-state index in [2.05, 4.69) is 36.1 Å². The van der Waals surface area contributed by atoms with E-state index in [4.69, 9.17) is 0 Å². The first-order chi connectivity index (χ1) is 8.31. The number of rotatable bonds is 4. The van der Waals surface area contributed by atoms with Crippen molar-refractivity contribution >= 4 is 21.9 Å². The molecule has 2 fully saturated rings. The lowest BCUT2D eigenvalue weighted by Crippen LogP contribution is -2.25. The Labute approximate surface area is 110 Å². The van der Waals surface area contributed by atoms with Gasteiger partial charge in [-0.2, -0.15) is 0 Å². The Hall–Kier alpha value is -0.680. The molecule has 5 heteroatoms. The quantitative estimate of drug-likeness (QED) is 0.924. The average Bonchev–Trinajstić information content (AvgIpc) is 3.09. The Morgan fingerprint density at radius 1 is 1.29 bits per heavy atom. The molecule has 1 aromatic heterocycles. The van der Waals surface area contributed by atoms with E-state index in [0.29, 0.717) is 0 Å². The molecule has 17 heavy (non-hydrogen) atoms. The Balaban J connectivity index is 1.46. The molecular formula is C12H17BrN4. The normalized spacial score (nSPS) is 25.1. The molecule has 2 heterocycles. The highest BCUT2D eigenvalue weighted by Gasteiger charge is 2.34. The zero-order chi connectivity index (χ0) is 11.7. The van der Waals surface area contributed by atoms with Crippen LogP contribution in [-0.2, 0) is 0 Å². The van der Waals surface area contributed by atoms with Gasteiger partial charge >= 0.3 is 0 Å². The lowest BCUT2D eigenvalue weighted by molar-refractivity contribution is 0.316. The van der Waals surface area contributed by atoms with Crippen molar-refractivity contribution < 1.29 is 0 Å². The lowest BCUT2D eigenvalue weighted by atomic mass is 10.1. The average molecular weight is 297 g/mol. The van der Waals surface area contributed by atoms with Gasteiger partial charge in [-0.25, -0.2) is 9.97 Å². The zero-order valence-corrected chi connectivity index (χ0v) is 11.4. The summed E-state index contributed by atoms with van der Waals surface area (Å²) in [5.74, 6) is 1.49. The van der Waals surface area contributed by atoms with Crippen LogP contribution < -0.4 is 5.32 Å². The molecule has 1 unspecified atom stereocenters. The van der Waals surface area contributed by atoms with Crippen molar-refractivity contribution in [3.05, 3.63) is 16.9 Å². The predicted octanol–water partition coefficient (Wildman–Crippen LogP) is 2.14. The van der Waals surface area contributed by atoms with Crippen LogP contribution in [0.3, 0.4) is 0 Å². The van der Waals surface area contributed by atoms with Crippen LogP contribution in [0.25, 0.3) is 0 Å². The Morgan fingerprint density at radius 2 is 2.06 bits per heavy atom. The molecule has 0 amide bonds. The molecule has 0 aromatic carbocycles. The molecule has 1 atom stereocenters. The minimum atomic E-state index is 0.734. The van der Waals surface area contributed by atoms with Crippen LogP contribution in [-0.4, -0.2) is 40.5 Å². The van der Waals surface area contributed by atoms with Crippen LogP contribution >= 0.6 is 15.9 Å². The van der Waals surface area contributed by atoms with Gasteiger partial charge in [-0.15, -0.1) is 0 Å². The Kier molecular flexibility index (Phi) is 3.29. The van der Waals surface area contributed by atoms with E-state index < -0.39 is 0 Å². The van der Waals surface area contributed by atoms with E-state index in [1.165, 1.54) is 32.4 Å². The van der Waals surface area contributed by atoms with Crippen molar-refractivity contribution in [1.82, 2.24) is 14.9 Å². The summed E-state index contributed by atoms with van der Waals surface area (Å²) in [5, 5.41) is 3.32. The van der Waals surface area contributed by atoms with Gasteiger partial charge in [-0.3, -0.25) is 0 Å². The number of nitrogens with one attached hydrogen (secondary N) is 1. The first-order valence-electron chi connectivity index (χ1n) is 6.27. The summed E-state index contributed by atoms with van der Waals surface area (Å²) in [4.78, 5) is 11.1. The number of hydrogen-bond acceptors (Lipinski definition) is 4. The Bertz CT molecular complexity index is 377. The topological polar surface area (TPSA) is 41.1 Å². The molecule has 1 aliphatic carbocycles. The van der Waals surface area contributed by atoms with Gasteiger partial charge < -0.3 is 10.2 Å². The zero-order valence-electron chi connectivity index (χ0n) is 9.77. The molecule has 1 N–H and O–H groups in total. The summed E-state index contributed by atoms with van der Waals surface area (Å²) in [7, 11) is 0. The van der Waals surface area contributed by atoms with Crippen LogP contribution in [0.1, 0.15) is 19.3 Å². The van der Waals surface area contributed by atoms with Crippen molar-refractivity contribution in [2.75, 3.05) is 25.0 Å². The van der Waals surface area contributed by atoms with E-state index in [9.17, 15) is 0 Å². The van der Waals surface area contributed by atoms with Crippen molar-refractivity contribution in [3.8, 4) is 0 Å². The fraction of sp³-hybridized carbons (Fsp3) is 0.667. The number of hydrogen-bond donors (Lipinski definition) is 1. The summed E-state index contributed by atoms with van der Waals surface area (Å²) < 4.78 is 0.920. The lowest BCUT2D eigenvalue weighted by Gasteiger charge is -2.15. The molecule has 1 aliphatic heterocycles. The van der Waals surface area contributed by atoms with E-state index in [-0.39, 0.29) is 0 Å². The minimum Gasteiger partial charge on any atom is -0.354 e. The van der Waals surface area contributed by atoms with Crippen LogP contribution in [0.2, 0.25) is 0 Å². The van der Waals surface area contributed by atoms with Gasteiger partial charge in [-0.1, -0.05) is 0 Å². The minimum absolute atomic E-state index is 0.734. The van der Waals surface area contributed by atoms with Gasteiger partial charge in [0, 0.05) is 31.5 Å². The third-order valence-corrected chi connectivity index (χ3v) is 3.96. The fourth-order valence-corrected chi connectivity index (χ4v) is 2.64. The van der Waals surface area contributed by atoms with Crippen LogP contribution in [0.5, 0.6) is 0 Å². The van der Waals surface area contributed by atoms with Crippen molar-refractivity contribution in [1.29, 1.82) is 0 Å². The Morgan fingerprint density at radius 3 is 2.76 bits per heavy atom. The van der Waals surface area contributed by atoms with Gasteiger partial charge in [0.25, 0.3) is 0 Å². The second-order valence-electron chi connectivity index (χ2n) is 4.99. The molecule has 1 aromatic rings. The van der Waals surface area contributed by atoms with Crippen molar-refractivity contribution in [2.24, 2.45) is 5.92 Å². The molecule has 4 nitrogen and oxygen atoms in total. The third kappa shape index (κ3) is 2.96. The van der Waals surface area contributed by atoms with Crippen molar-refractivity contribution in [2.45, 2.75) is 25.3 Å². The van der Waals surface area contributed by atoms with E-state index >= 15 is 0 Å². The predicted molar refractivity (Wildman–Crippen MR) is 70.9 cm³/mol. The van der Waals surface area contributed by atoms with E-state index in [1.807, 2.05) is 0 Å². The number of nitrogens with zero attached hydrogens (tertiary/aromatic N) is 3.